The molecule has 0 unspecified atom stereocenters. The van der Waals surface area contributed by atoms with Crippen LogP contribution in [0.1, 0.15) is 0 Å². The third kappa shape index (κ3) is 2.42. The summed E-state index contributed by atoms with van der Waals surface area (Å²) < 4.78 is 0. The molecule has 0 N–H and O–H groups in total. The Morgan fingerprint density at radius 2 is 1.47 bits per heavy atom. The number of non-ortho nitro benzene ring substituents is 1. The normalized spacial score (nSPS) is 9.94. The van der Waals surface area contributed by atoms with Crippen LogP contribution in [0, 0.1) is 10.1 Å². The average Bonchev–Trinajstić information content (AvgIpc) is 2.39. The smallest absolute Gasteiger partial charge is 0.269 e. The molecule has 17 heavy (non-hydrogen) atoms. The minimum absolute atomic E-state index is 0.107. The number of nitro benzene ring substituents is 1. The molecule has 2 aromatic carbocycles. The van der Waals surface area contributed by atoms with E-state index in [4.69, 9.17) is 0 Å². The van der Waals surface area contributed by atoms with Gasteiger partial charge in [-0.05, 0) is 24.3 Å². The summed E-state index contributed by atoms with van der Waals surface area (Å²) in [5, 5.41) is 10.5. The summed E-state index contributed by atoms with van der Waals surface area (Å²) in [6, 6.07) is 16.3. The van der Waals surface area contributed by atoms with Crippen molar-refractivity contribution in [3.8, 4) is 0 Å². The van der Waals surface area contributed by atoms with E-state index in [2.05, 4.69) is 0 Å². The molecule has 0 aliphatic carbocycles. The number of nitro groups is 1. The fourth-order valence-corrected chi connectivity index (χ4v) is 1.60. The Morgan fingerprint density at radius 1 is 0.941 bits per heavy atom. The number of para-hydroxylation sites is 1. The van der Waals surface area contributed by atoms with Crippen molar-refractivity contribution in [1.29, 1.82) is 0 Å². The van der Waals surface area contributed by atoms with E-state index < -0.39 is 4.92 Å². The molecule has 0 aliphatic heterocycles. The number of nitrogens with zero attached hydrogens (tertiary/aromatic N) is 2. The van der Waals surface area contributed by atoms with Gasteiger partial charge in [-0.3, -0.25) is 10.1 Å². The first-order chi connectivity index (χ1) is 8.18. The molecule has 0 radical (unpaired) electrons. The van der Waals surface area contributed by atoms with Gasteiger partial charge < -0.3 is 4.90 Å². The van der Waals surface area contributed by atoms with E-state index in [1.54, 1.807) is 12.1 Å². The molecule has 0 bridgehead atoms. The van der Waals surface area contributed by atoms with Gasteiger partial charge in [-0.25, -0.2) is 0 Å². The molecule has 0 atom stereocenters. The molecule has 0 amide bonds. The predicted octanol–water partition coefficient (Wildman–Crippen LogP) is 3.36. The van der Waals surface area contributed by atoms with Gasteiger partial charge in [-0.1, -0.05) is 18.2 Å². The van der Waals surface area contributed by atoms with E-state index in [1.165, 1.54) is 12.1 Å². The van der Waals surface area contributed by atoms with Crippen LogP contribution >= 0.6 is 0 Å². The Bertz CT molecular complexity index is 509. The van der Waals surface area contributed by atoms with Crippen LogP contribution in [-0.2, 0) is 0 Å². The van der Waals surface area contributed by atoms with Crippen LogP contribution in [0.5, 0.6) is 0 Å². The molecule has 2 aromatic rings. The fourth-order valence-electron chi connectivity index (χ4n) is 1.60. The van der Waals surface area contributed by atoms with Crippen molar-refractivity contribution in [2.75, 3.05) is 11.9 Å². The number of hydrogen-bond donors (Lipinski definition) is 0. The summed E-state index contributed by atoms with van der Waals surface area (Å²) in [5.74, 6) is 0. The summed E-state index contributed by atoms with van der Waals surface area (Å²) >= 11 is 0. The Hall–Kier alpha value is -2.36. The second kappa shape index (κ2) is 4.65. The summed E-state index contributed by atoms with van der Waals surface area (Å²) in [5.41, 5.74) is 2.07. The van der Waals surface area contributed by atoms with Crippen LogP contribution in [0.2, 0.25) is 0 Å². The molecule has 4 heteroatoms. The highest BCUT2D eigenvalue weighted by atomic mass is 16.6. The maximum atomic E-state index is 10.5. The van der Waals surface area contributed by atoms with Crippen LogP contribution in [-0.4, -0.2) is 12.0 Å². The first kappa shape index (κ1) is 11.1. The second-order valence-corrected chi connectivity index (χ2v) is 3.67. The van der Waals surface area contributed by atoms with Gasteiger partial charge in [0.05, 0.1) is 4.92 Å². The molecule has 0 saturated heterocycles. The largest absolute Gasteiger partial charge is 0.345 e. The maximum Gasteiger partial charge on any atom is 0.269 e. The molecule has 4 nitrogen and oxygen atoms in total. The van der Waals surface area contributed by atoms with E-state index in [0.717, 1.165) is 11.4 Å². The third-order valence-corrected chi connectivity index (χ3v) is 2.59. The van der Waals surface area contributed by atoms with E-state index in [9.17, 15) is 10.1 Å². The number of hydrogen-bond acceptors (Lipinski definition) is 3. The minimum atomic E-state index is -0.397. The van der Waals surface area contributed by atoms with Gasteiger partial charge in [0.1, 0.15) is 0 Å². The second-order valence-electron chi connectivity index (χ2n) is 3.67. The number of benzene rings is 2. The van der Waals surface area contributed by atoms with Gasteiger partial charge in [-0.15, -0.1) is 0 Å². The lowest BCUT2D eigenvalue weighted by Gasteiger charge is -2.18. The Kier molecular flexibility index (Phi) is 3.05. The van der Waals surface area contributed by atoms with E-state index in [0.29, 0.717) is 0 Å². The lowest BCUT2D eigenvalue weighted by Crippen LogP contribution is -2.08. The predicted molar refractivity (Wildman–Crippen MR) is 67.6 cm³/mol. The quantitative estimate of drug-likeness (QED) is 0.597. The van der Waals surface area contributed by atoms with E-state index >= 15 is 0 Å². The summed E-state index contributed by atoms with van der Waals surface area (Å²) in [4.78, 5) is 12.1. The van der Waals surface area contributed by atoms with Crippen LogP contribution in [0.3, 0.4) is 0 Å². The molecular formula is C13H12N2O2. The minimum Gasteiger partial charge on any atom is -0.345 e. The summed E-state index contributed by atoms with van der Waals surface area (Å²) in [6.45, 7) is 0. The zero-order valence-corrected chi connectivity index (χ0v) is 9.41. The highest BCUT2D eigenvalue weighted by Gasteiger charge is 2.07. The van der Waals surface area contributed by atoms with Crippen LogP contribution in [0.15, 0.2) is 54.6 Å². The Labute approximate surface area is 99.3 Å². The molecule has 0 aromatic heterocycles. The lowest BCUT2D eigenvalue weighted by atomic mass is 10.2. The Balaban J connectivity index is 2.26. The van der Waals surface area contributed by atoms with Gasteiger partial charge in [0, 0.05) is 30.6 Å². The van der Waals surface area contributed by atoms with E-state index in [1.807, 2.05) is 42.3 Å². The van der Waals surface area contributed by atoms with Gasteiger partial charge in [0.15, 0.2) is 0 Å². The Morgan fingerprint density at radius 3 is 2.00 bits per heavy atom. The fraction of sp³-hybridized carbons (Fsp3) is 0.0769. The third-order valence-electron chi connectivity index (χ3n) is 2.59. The number of rotatable bonds is 3. The molecule has 0 aliphatic rings. The molecule has 0 spiro atoms. The zero-order valence-electron chi connectivity index (χ0n) is 9.41. The summed E-state index contributed by atoms with van der Waals surface area (Å²) in [7, 11) is 1.93. The van der Waals surface area contributed by atoms with Gasteiger partial charge >= 0.3 is 0 Å². The van der Waals surface area contributed by atoms with Crippen molar-refractivity contribution in [3.63, 3.8) is 0 Å². The van der Waals surface area contributed by atoms with Crippen molar-refractivity contribution >= 4 is 17.1 Å². The first-order valence-electron chi connectivity index (χ1n) is 5.22. The van der Waals surface area contributed by atoms with E-state index in [-0.39, 0.29) is 5.69 Å². The van der Waals surface area contributed by atoms with Gasteiger partial charge in [-0.2, -0.15) is 0 Å². The highest BCUT2D eigenvalue weighted by molar-refractivity contribution is 5.63. The molecule has 2 rings (SSSR count). The zero-order chi connectivity index (χ0) is 12.3. The van der Waals surface area contributed by atoms with Crippen molar-refractivity contribution in [2.24, 2.45) is 0 Å². The first-order valence-corrected chi connectivity index (χ1v) is 5.22. The molecule has 0 saturated carbocycles. The molecule has 86 valence electrons. The topological polar surface area (TPSA) is 46.4 Å². The van der Waals surface area contributed by atoms with Crippen molar-refractivity contribution in [3.05, 3.63) is 64.7 Å². The maximum absolute atomic E-state index is 10.5. The molecule has 0 fully saturated rings. The van der Waals surface area contributed by atoms with Crippen molar-refractivity contribution in [1.82, 2.24) is 0 Å². The van der Waals surface area contributed by atoms with Gasteiger partial charge in [0.25, 0.3) is 5.69 Å². The van der Waals surface area contributed by atoms with Crippen molar-refractivity contribution < 1.29 is 4.92 Å². The molecular weight excluding hydrogens is 216 g/mol. The monoisotopic (exact) mass is 228 g/mol. The van der Waals surface area contributed by atoms with Gasteiger partial charge in [0.2, 0.25) is 0 Å². The average molecular weight is 228 g/mol. The van der Waals surface area contributed by atoms with Crippen LogP contribution in [0.25, 0.3) is 0 Å². The highest BCUT2D eigenvalue weighted by Crippen LogP contribution is 2.24. The SMILES string of the molecule is CN(c1ccccc1)c1ccc([N+](=O)[O-])cc1. The summed E-state index contributed by atoms with van der Waals surface area (Å²) in [6.07, 6.45) is 0. The lowest BCUT2D eigenvalue weighted by molar-refractivity contribution is -0.384. The van der Waals surface area contributed by atoms with Crippen LogP contribution in [0.4, 0.5) is 17.1 Å². The van der Waals surface area contributed by atoms with Crippen LogP contribution < -0.4 is 4.90 Å². The number of anilines is 2. The standard InChI is InChI=1S/C13H12N2O2/c1-14(11-5-3-2-4-6-11)12-7-9-13(10-8-12)15(16)17/h2-10H,1H3. The molecule has 0 heterocycles. The van der Waals surface area contributed by atoms with Crippen molar-refractivity contribution in [2.45, 2.75) is 0 Å².